The van der Waals surface area contributed by atoms with E-state index in [1.807, 2.05) is 0 Å². The zero-order valence-electron chi connectivity index (χ0n) is 11.4. The van der Waals surface area contributed by atoms with Gasteiger partial charge in [-0.3, -0.25) is 4.79 Å². The Morgan fingerprint density at radius 1 is 1.36 bits per heavy atom. The Hall–Kier alpha value is -1.73. The maximum atomic E-state index is 14.3. The molecule has 0 unspecified atom stereocenters. The maximum Gasteiger partial charge on any atom is 0.293 e. The van der Waals surface area contributed by atoms with Gasteiger partial charge in [-0.25, -0.2) is 9.97 Å². The first-order valence-corrected chi connectivity index (χ1v) is 7.53. The number of aromatic nitrogens is 2. The molecule has 0 saturated carbocycles. The number of hydrogen-bond donors (Lipinski definition) is 0. The minimum atomic E-state index is -3.09. The van der Waals surface area contributed by atoms with Crippen molar-refractivity contribution in [3.8, 4) is 0 Å². The van der Waals surface area contributed by atoms with Crippen LogP contribution in [0.1, 0.15) is 12.5 Å². The Morgan fingerprint density at radius 2 is 2.14 bits per heavy atom. The predicted molar refractivity (Wildman–Crippen MR) is 79.5 cm³/mol. The molecule has 0 N–H and O–H groups in total. The number of benzene rings is 1. The number of amides is 1. The van der Waals surface area contributed by atoms with Crippen molar-refractivity contribution in [2.24, 2.45) is 0 Å². The second kappa shape index (κ2) is 5.48. The molecule has 1 aliphatic heterocycles. The fraction of sp³-hybridized carbons (Fsp3) is 0.214. The molecule has 3 rings (SSSR count). The molecular weight excluding hydrogens is 332 g/mol. The molecule has 4 nitrogen and oxygen atoms in total. The van der Waals surface area contributed by atoms with Crippen LogP contribution in [-0.2, 0) is 10.7 Å². The number of carbonyl (C=O) groups excluding carboxylic acids is 1. The van der Waals surface area contributed by atoms with Gasteiger partial charge in [-0.1, -0.05) is 29.4 Å². The molecule has 2 aromatic rings. The van der Waals surface area contributed by atoms with Gasteiger partial charge in [0.05, 0.1) is 30.2 Å². The van der Waals surface area contributed by atoms with Crippen LogP contribution in [0.3, 0.4) is 0 Å². The lowest BCUT2D eigenvalue weighted by molar-refractivity contribution is -0.117. The predicted octanol–water partition coefficient (Wildman–Crippen LogP) is 3.74. The van der Waals surface area contributed by atoms with Crippen molar-refractivity contribution in [3.05, 3.63) is 41.3 Å². The van der Waals surface area contributed by atoms with Crippen molar-refractivity contribution in [1.82, 2.24) is 9.97 Å². The number of anilines is 1. The number of halogens is 3. The molecular formula is C14H10ClF2N3OS. The molecule has 0 radical (unpaired) electrons. The van der Waals surface area contributed by atoms with Crippen molar-refractivity contribution < 1.29 is 13.6 Å². The Balaban J connectivity index is 2.04. The SMILES string of the molecule is CC(=O)N1CC(F)(F)c2c(Sc3cnc(Cl)cn3)cccc21. The summed E-state index contributed by atoms with van der Waals surface area (Å²) >= 11 is 6.73. The standard InChI is InChI=1S/C14H10ClF2N3OS/c1-8(21)20-7-14(16,17)13-9(20)3-2-4-10(13)22-12-6-18-11(15)5-19-12/h2-6H,7H2,1H3. The van der Waals surface area contributed by atoms with Crippen molar-refractivity contribution >= 4 is 35.0 Å². The Kier molecular flexibility index (Phi) is 3.78. The second-order valence-corrected chi connectivity index (χ2v) is 6.19. The summed E-state index contributed by atoms with van der Waals surface area (Å²) < 4.78 is 28.6. The van der Waals surface area contributed by atoms with Gasteiger partial charge in [-0.15, -0.1) is 0 Å². The molecule has 1 aliphatic rings. The van der Waals surface area contributed by atoms with Crippen molar-refractivity contribution in [1.29, 1.82) is 0 Å². The highest BCUT2D eigenvalue weighted by Crippen LogP contribution is 2.48. The maximum absolute atomic E-state index is 14.3. The van der Waals surface area contributed by atoms with Crippen LogP contribution in [0.15, 0.2) is 40.5 Å². The second-order valence-electron chi connectivity index (χ2n) is 4.74. The molecule has 22 heavy (non-hydrogen) atoms. The number of alkyl halides is 2. The topological polar surface area (TPSA) is 46.1 Å². The monoisotopic (exact) mass is 341 g/mol. The van der Waals surface area contributed by atoms with E-state index in [2.05, 4.69) is 9.97 Å². The van der Waals surface area contributed by atoms with E-state index < -0.39 is 18.4 Å². The van der Waals surface area contributed by atoms with Gasteiger partial charge >= 0.3 is 0 Å². The van der Waals surface area contributed by atoms with Gasteiger partial charge in [0.15, 0.2) is 0 Å². The lowest BCUT2D eigenvalue weighted by Crippen LogP contribution is -2.30. The molecule has 0 saturated heterocycles. The van der Waals surface area contributed by atoms with Crippen LogP contribution in [0, 0.1) is 0 Å². The third-order valence-electron chi connectivity index (χ3n) is 3.21. The Labute approximate surface area is 134 Å². The number of carbonyl (C=O) groups is 1. The number of rotatable bonds is 2. The number of nitrogens with zero attached hydrogens (tertiary/aromatic N) is 3. The van der Waals surface area contributed by atoms with Gasteiger partial charge in [-0.05, 0) is 12.1 Å². The van der Waals surface area contributed by atoms with Gasteiger partial charge < -0.3 is 4.90 Å². The summed E-state index contributed by atoms with van der Waals surface area (Å²) in [6.07, 6.45) is 2.77. The Morgan fingerprint density at radius 3 is 2.77 bits per heavy atom. The highest BCUT2D eigenvalue weighted by atomic mass is 35.5. The van der Waals surface area contributed by atoms with Crippen LogP contribution >= 0.6 is 23.4 Å². The summed E-state index contributed by atoms with van der Waals surface area (Å²) in [6.45, 7) is 0.636. The van der Waals surface area contributed by atoms with Crippen LogP contribution in [0.5, 0.6) is 0 Å². The molecule has 0 bridgehead atoms. The van der Waals surface area contributed by atoms with E-state index in [4.69, 9.17) is 11.6 Å². The zero-order chi connectivity index (χ0) is 15.9. The normalized spacial score (nSPS) is 15.7. The minimum absolute atomic E-state index is 0.146. The molecule has 114 valence electrons. The largest absolute Gasteiger partial charge is 0.306 e. The zero-order valence-corrected chi connectivity index (χ0v) is 13.0. The Bertz CT molecular complexity index is 739. The van der Waals surface area contributed by atoms with E-state index in [1.165, 1.54) is 25.4 Å². The molecule has 2 heterocycles. The first kappa shape index (κ1) is 15.2. The first-order chi connectivity index (χ1) is 10.4. The smallest absolute Gasteiger partial charge is 0.293 e. The van der Waals surface area contributed by atoms with Crippen LogP contribution in [0.25, 0.3) is 0 Å². The van der Waals surface area contributed by atoms with Crippen molar-refractivity contribution in [2.45, 2.75) is 22.8 Å². The van der Waals surface area contributed by atoms with Gasteiger partial charge in [0.2, 0.25) is 5.91 Å². The van der Waals surface area contributed by atoms with Crippen LogP contribution in [0.4, 0.5) is 14.5 Å². The number of hydrogen-bond acceptors (Lipinski definition) is 4. The summed E-state index contributed by atoms with van der Waals surface area (Å²) in [6, 6.07) is 4.74. The lowest BCUT2D eigenvalue weighted by Gasteiger charge is -2.14. The third kappa shape index (κ3) is 2.66. The van der Waals surface area contributed by atoms with E-state index in [-0.39, 0.29) is 16.4 Å². The van der Waals surface area contributed by atoms with E-state index in [0.717, 1.165) is 16.7 Å². The molecule has 0 spiro atoms. The first-order valence-electron chi connectivity index (χ1n) is 6.33. The summed E-state index contributed by atoms with van der Waals surface area (Å²) in [7, 11) is 0. The van der Waals surface area contributed by atoms with Gasteiger partial charge in [0.25, 0.3) is 5.92 Å². The van der Waals surface area contributed by atoms with E-state index in [9.17, 15) is 13.6 Å². The molecule has 8 heteroatoms. The van der Waals surface area contributed by atoms with Crippen LogP contribution in [0.2, 0.25) is 5.15 Å². The third-order valence-corrected chi connectivity index (χ3v) is 4.38. The summed E-state index contributed by atoms with van der Waals surface area (Å²) in [5.74, 6) is -3.50. The lowest BCUT2D eigenvalue weighted by atomic mass is 10.1. The fourth-order valence-corrected chi connectivity index (χ4v) is 3.34. The van der Waals surface area contributed by atoms with Crippen molar-refractivity contribution in [3.63, 3.8) is 0 Å². The summed E-state index contributed by atoms with van der Waals surface area (Å²) in [5, 5.41) is 0.686. The fourth-order valence-electron chi connectivity index (χ4n) is 2.31. The molecule has 1 aromatic carbocycles. The number of fused-ring (bicyclic) bond motifs is 1. The average Bonchev–Trinajstić information content (AvgIpc) is 2.75. The molecule has 0 atom stereocenters. The summed E-state index contributed by atoms with van der Waals surface area (Å²) in [4.78, 5) is 20.9. The highest BCUT2D eigenvalue weighted by molar-refractivity contribution is 7.99. The van der Waals surface area contributed by atoms with E-state index in [1.54, 1.807) is 12.1 Å². The molecule has 0 aliphatic carbocycles. The van der Waals surface area contributed by atoms with Crippen LogP contribution < -0.4 is 4.90 Å². The highest BCUT2D eigenvalue weighted by Gasteiger charge is 2.46. The van der Waals surface area contributed by atoms with Gasteiger partial charge in [0.1, 0.15) is 10.2 Å². The quantitative estimate of drug-likeness (QED) is 0.834. The summed E-state index contributed by atoms with van der Waals surface area (Å²) in [5.41, 5.74) is 0.0939. The molecule has 1 aromatic heterocycles. The minimum Gasteiger partial charge on any atom is -0.306 e. The van der Waals surface area contributed by atoms with Gasteiger partial charge in [-0.2, -0.15) is 8.78 Å². The van der Waals surface area contributed by atoms with Crippen LogP contribution in [-0.4, -0.2) is 22.4 Å². The molecule has 1 amide bonds. The van der Waals surface area contributed by atoms with Crippen molar-refractivity contribution in [2.75, 3.05) is 11.4 Å². The molecule has 0 fully saturated rings. The van der Waals surface area contributed by atoms with Gasteiger partial charge in [0, 0.05) is 11.8 Å². The van der Waals surface area contributed by atoms with E-state index in [0.29, 0.717) is 9.92 Å². The van der Waals surface area contributed by atoms with E-state index >= 15 is 0 Å². The average molecular weight is 342 g/mol.